The standard InChI is InChI=1S/C21H42N2O3/c1-5-7-8-9-10-11-12-13-14-15-16-19(18-20(24)25)21(26)23(17-6-2)22(3)4/h19H,5-18H2,1-4H3,(H,24,25). The minimum Gasteiger partial charge on any atom is -0.481 e. The van der Waals surface area contributed by atoms with Crippen LogP contribution >= 0.6 is 0 Å². The summed E-state index contributed by atoms with van der Waals surface area (Å²) in [7, 11) is 3.68. The second-order valence-electron chi connectivity index (χ2n) is 7.57. The van der Waals surface area contributed by atoms with Gasteiger partial charge < -0.3 is 5.11 Å². The van der Waals surface area contributed by atoms with E-state index in [9.17, 15) is 9.59 Å². The number of hydrazine groups is 1. The molecule has 0 aromatic rings. The fourth-order valence-electron chi connectivity index (χ4n) is 3.33. The van der Waals surface area contributed by atoms with Crippen LogP contribution in [0.2, 0.25) is 0 Å². The SMILES string of the molecule is CCCCCCCCCCCCC(CC(=O)O)C(=O)N(CCC)N(C)C. The van der Waals surface area contributed by atoms with E-state index < -0.39 is 11.9 Å². The smallest absolute Gasteiger partial charge is 0.304 e. The molecule has 5 heteroatoms. The number of carboxylic acid groups (broad SMARTS) is 1. The number of hydrogen-bond acceptors (Lipinski definition) is 3. The molecule has 0 aliphatic rings. The van der Waals surface area contributed by atoms with E-state index in [4.69, 9.17) is 5.11 Å². The molecule has 0 aliphatic heterocycles. The predicted molar refractivity (Wildman–Crippen MR) is 108 cm³/mol. The Morgan fingerprint density at radius 1 is 0.808 bits per heavy atom. The van der Waals surface area contributed by atoms with Crippen molar-refractivity contribution in [2.24, 2.45) is 5.92 Å². The Labute approximate surface area is 161 Å². The van der Waals surface area contributed by atoms with Crippen molar-refractivity contribution in [3.63, 3.8) is 0 Å². The lowest BCUT2D eigenvalue weighted by atomic mass is 9.95. The van der Waals surface area contributed by atoms with Gasteiger partial charge >= 0.3 is 5.97 Å². The summed E-state index contributed by atoms with van der Waals surface area (Å²) in [6.45, 7) is 4.90. The molecule has 0 aromatic heterocycles. The predicted octanol–water partition coefficient (Wildman–Crippen LogP) is 5.10. The molecule has 0 aliphatic carbocycles. The number of aliphatic carboxylic acids is 1. The molecule has 0 spiro atoms. The van der Waals surface area contributed by atoms with E-state index in [1.54, 1.807) is 10.0 Å². The Balaban J connectivity index is 4.14. The van der Waals surface area contributed by atoms with Crippen molar-refractivity contribution in [1.82, 2.24) is 10.0 Å². The minimum absolute atomic E-state index is 0.0461. The van der Waals surface area contributed by atoms with Crippen molar-refractivity contribution in [1.29, 1.82) is 0 Å². The Kier molecular flexibility index (Phi) is 15.4. The van der Waals surface area contributed by atoms with E-state index in [0.29, 0.717) is 13.0 Å². The second-order valence-corrected chi connectivity index (χ2v) is 7.57. The first-order valence-corrected chi connectivity index (χ1v) is 10.6. The molecule has 1 unspecified atom stereocenters. The molecule has 1 amide bonds. The first-order chi connectivity index (χ1) is 12.4. The largest absolute Gasteiger partial charge is 0.481 e. The zero-order valence-corrected chi connectivity index (χ0v) is 17.6. The molecule has 26 heavy (non-hydrogen) atoms. The van der Waals surface area contributed by atoms with Gasteiger partial charge in [0.1, 0.15) is 0 Å². The van der Waals surface area contributed by atoms with E-state index in [1.165, 1.54) is 51.4 Å². The number of carbonyl (C=O) groups is 2. The maximum Gasteiger partial charge on any atom is 0.304 e. The number of unbranched alkanes of at least 4 members (excludes halogenated alkanes) is 9. The molecule has 0 rings (SSSR count). The summed E-state index contributed by atoms with van der Waals surface area (Å²) in [5, 5.41) is 12.6. The highest BCUT2D eigenvalue weighted by atomic mass is 16.4. The van der Waals surface area contributed by atoms with E-state index in [0.717, 1.165) is 19.3 Å². The number of amides is 1. The number of carbonyl (C=O) groups excluding carboxylic acids is 1. The molecule has 0 saturated heterocycles. The number of rotatable bonds is 17. The van der Waals surface area contributed by atoms with Gasteiger partial charge in [-0.1, -0.05) is 78.1 Å². The summed E-state index contributed by atoms with van der Waals surface area (Å²) < 4.78 is 0. The first-order valence-electron chi connectivity index (χ1n) is 10.6. The van der Waals surface area contributed by atoms with E-state index >= 15 is 0 Å². The average molecular weight is 371 g/mol. The summed E-state index contributed by atoms with van der Waals surface area (Å²) in [5.41, 5.74) is 0. The van der Waals surface area contributed by atoms with Gasteiger partial charge in [0.2, 0.25) is 5.91 Å². The maximum atomic E-state index is 12.7. The number of nitrogens with zero attached hydrogens (tertiary/aromatic N) is 2. The highest BCUT2D eigenvalue weighted by molar-refractivity contribution is 5.82. The maximum absolute atomic E-state index is 12.7. The van der Waals surface area contributed by atoms with Crippen LogP contribution in [0, 0.1) is 5.92 Å². The van der Waals surface area contributed by atoms with Gasteiger partial charge in [-0.3, -0.25) is 14.6 Å². The lowest BCUT2D eigenvalue weighted by Crippen LogP contribution is -2.45. The van der Waals surface area contributed by atoms with Crippen LogP contribution in [0.25, 0.3) is 0 Å². The van der Waals surface area contributed by atoms with E-state index in [2.05, 4.69) is 6.92 Å². The van der Waals surface area contributed by atoms with Crippen molar-refractivity contribution in [2.75, 3.05) is 20.6 Å². The molecule has 0 aromatic carbocycles. The Hall–Kier alpha value is -1.10. The fourth-order valence-corrected chi connectivity index (χ4v) is 3.33. The number of hydrogen-bond donors (Lipinski definition) is 1. The summed E-state index contributed by atoms with van der Waals surface area (Å²) in [4.78, 5) is 23.9. The zero-order chi connectivity index (χ0) is 19.8. The first kappa shape index (κ1) is 24.9. The van der Waals surface area contributed by atoms with E-state index in [1.807, 2.05) is 21.0 Å². The zero-order valence-electron chi connectivity index (χ0n) is 17.6. The third-order valence-corrected chi connectivity index (χ3v) is 4.85. The minimum atomic E-state index is -0.884. The van der Waals surface area contributed by atoms with Gasteiger partial charge in [0.15, 0.2) is 0 Å². The molecule has 5 nitrogen and oxygen atoms in total. The van der Waals surface area contributed by atoms with Gasteiger partial charge in [0.05, 0.1) is 6.42 Å². The molecule has 0 radical (unpaired) electrons. The summed E-state index contributed by atoms with van der Waals surface area (Å²) in [5.74, 6) is -1.34. The number of carboxylic acids is 1. The average Bonchev–Trinajstić information content (AvgIpc) is 2.59. The quantitative estimate of drug-likeness (QED) is 0.286. The van der Waals surface area contributed by atoms with Gasteiger partial charge in [-0.15, -0.1) is 0 Å². The molecular formula is C21H42N2O3. The topological polar surface area (TPSA) is 60.9 Å². The van der Waals surface area contributed by atoms with Crippen molar-refractivity contribution in [3.8, 4) is 0 Å². The van der Waals surface area contributed by atoms with Gasteiger partial charge in [0, 0.05) is 26.6 Å². The lowest BCUT2D eigenvalue weighted by Gasteiger charge is -2.31. The highest BCUT2D eigenvalue weighted by Crippen LogP contribution is 2.19. The molecule has 0 heterocycles. The van der Waals surface area contributed by atoms with Crippen LogP contribution in [0.5, 0.6) is 0 Å². The van der Waals surface area contributed by atoms with Crippen LogP contribution in [0.4, 0.5) is 0 Å². The molecule has 1 atom stereocenters. The van der Waals surface area contributed by atoms with Crippen LogP contribution < -0.4 is 0 Å². The summed E-state index contributed by atoms with van der Waals surface area (Å²) in [6.07, 6.45) is 13.9. The molecule has 0 bridgehead atoms. The van der Waals surface area contributed by atoms with Gasteiger partial charge in [-0.2, -0.15) is 0 Å². The van der Waals surface area contributed by atoms with Crippen molar-refractivity contribution < 1.29 is 14.7 Å². The Morgan fingerprint density at radius 2 is 1.31 bits per heavy atom. The van der Waals surface area contributed by atoms with Crippen LogP contribution in [0.3, 0.4) is 0 Å². The Bertz CT molecular complexity index is 372. The van der Waals surface area contributed by atoms with Gasteiger partial charge in [0.25, 0.3) is 0 Å². The molecule has 154 valence electrons. The van der Waals surface area contributed by atoms with Crippen LogP contribution in [0.1, 0.15) is 97.3 Å². The Morgan fingerprint density at radius 3 is 1.73 bits per heavy atom. The second kappa shape index (κ2) is 16.1. The normalized spacial score (nSPS) is 12.3. The third-order valence-electron chi connectivity index (χ3n) is 4.85. The highest BCUT2D eigenvalue weighted by Gasteiger charge is 2.27. The summed E-state index contributed by atoms with van der Waals surface area (Å²) >= 11 is 0. The van der Waals surface area contributed by atoms with Crippen LogP contribution in [-0.2, 0) is 9.59 Å². The molecular weight excluding hydrogens is 328 g/mol. The van der Waals surface area contributed by atoms with E-state index in [-0.39, 0.29) is 12.3 Å². The molecule has 0 fully saturated rings. The monoisotopic (exact) mass is 370 g/mol. The lowest BCUT2D eigenvalue weighted by molar-refractivity contribution is -0.154. The van der Waals surface area contributed by atoms with Crippen molar-refractivity contribution >= 4 is 11.9 Å². The van der Waals surface area contributed by atoms with Crippen molar-refractivity contribution in [2.45, 2.75) is 97.3 Å². The van der Waals surface area contributed by atoms with Crippen molar-refractivity contribution in [3.05, 3.63) is 0 Å². The van der Waals surface area contributed by atoms with Crippen LogP contribution in [0.15, 0.2) is 0 Å². The summed E-state index contributed by atoms with van der Waals surface area (Å²) in [6, 6.07) is 0. The van der Waals surface area contributed by atoms with Gasteiger partial charge in [-0.25, -0.2) is 5.01 Å². The van der Waals surface area contributed by atoms with Crippen LogP contribution in [-0.4, -0.2) is 47.6 Å². The molecule has 0 saturated carbocycles. The third kappa shape index (κ3) is 12.3. The molecule has 1 N–H and O–H groups in total. The fraction of sp³-hybridized carbons (Fsp3) is 0.905. The van der Waals surface area contributed by atoms with Gasteiger partial charge in [-0.05, 0) is 12.8 Å².